The lowest BCUT2D eigenvalue weighted by molar-refractivity contribution is 0.0687. The fourth-order valence-electron chi connectivity index (χ4n) is 1.25. The van der Waals surface area contributed by atoms with Crippen LogP contribution in [0.1, 0.15) is 27.1 Å². The summed E-state index contributed by atoms with van der Waals surface area (Å²) in [5.41, 5.74) is -0.293. The molecule has 0 unspecified atom stereocenters. The number of anilines is 1. The smallest absolute Gasteiger partial charge is 0.356 e. The number of carbonyl (C=O) groups is 2. The maximum atomic E-state index is 11.3. The molecule has 1 heterocycles. The van der Waals surface area contributed by atoms with E-state index in [9.17, 15) is 18.0 Å². The number of ketones is 1. The van der Waals surface area contributed by atoms with Crippen molar-refractivity contribution in [3.8, 4) is 0 Å². The van der Waals surface area contributed by atoms with Gasteiger partial charge in [-0.25, -0.2) is 18.2 Å². The van der Waals surface area contributed by atoms with Crippen molar-refractivity contribution in [2.45, 2.75) is 6.92 Å². The Morgan fingerprint density at radius 1 is 1.42 bits per heavy atom. The number of hydrogen-bond acceptors (Lipinski definition) is 7. The van der Waals surface area contributed by atoms with E-state index in [1.54, 1.807) is 7.05 Å². The molecule has 0 fully saturated rings. The number of sulfone groups is 1. The highest BCUT2D eigenvalue weighted by Gasteiger charge is 2.22. The van der Waals surface area contributed by atoms with Gasteiger partial charge in [0.2, 0.25) is 0 Å². The van der Waals surface area contributed by atoms with Gasteiger partial charge in [-0.3, -0.25) is 4.79 Å². The summed E-state index contributed by atoms with van der Waals surface area (Å²) in [6.45, 7) is 1.45. The molecule has 0 aliphatic rings. The Morgan fingerprint density at radius 3 is 2.37 bits per heavy atom. The van der Waals surface area contributed by atoms with E-state index in [-0.39, 0.29) is 28.7 Å². The molecule has 106 valence electrons. The molecule has 1 N–H and O–H groups in total. The molecule has 0 atom stereocenters. The van der Waals surface area contributed by atoms with Crippen LogP contribution >= 0.6 is 11.3 Å². The Hall–Kier alpha value is -1.48. The third-order valence-corrected chi connectivity index (χ3v) is 4.46. The minimum absolute atomic E-state index is 0.0636. The Labute approximate surface area is 114 Å². The molecule has 0 saturated carbocycles. The van der Waals surface area contributed by atoms with E-state index in [1.165, 1.54) is 11.8 Å². The van der Waals surface area contributed by atoms with Crippen molar-refractivity contribution >= 4 is 38.1 Å². The van der Waals surface area contributed by atoms with Crippen molar-refractivity contribution in [3.05, 3.63) is 10.6 Å². The molecule has 0 amide bonds. The Bertz CT molecular complexity index is 574. The molecule has 9 heteroatoms. The van der Waals surface area contributed by atoms with Crippen molar-refractivity contribution in [1.82, 2.24) is 4.98 Å². The molecule has 19 heavy (non-hydrogen) atoms. The molecule has 0 aromatic carbocycles. The fraction of sp³-hybridized carbons (Fsp3) is 0.500. The first-order valence-corrected chi connectivity index (χ1v) is 8.13. The predicted molar refractivity (Wildman–Crippen MR) is 72.1 cm³/mol. The normalized spacial score (nSPS) is 11.3. The minimum Gasteiger partial charge on any atom is -0.476 e. The zero-order valence-electron chi connectivity index (χ0n) is 10.7. The molecular weight excluding hydrogens is 292 g/mol. The second-order valence-corrected chi connectivity index (χ2v) is 7.32. The third kappa shape index (κ3) is 4.28. The first-order chi connectivity index (χ1) is 8.61. The molecule has 1 aromatic heterocycles. The summed E-state index contributed by atoms with van der Waals surface area (Å²) in [7, 11) is -1.51. The average Bonchev–Trinajstić information content (AvgIpc) is 2.69. The second kappa shape index (κ2) is 5.66. The lowest BCUT2D eigenvalue weighted by atomic mass is 10.3. The Kier molecular flexibility index (Phi) is 4.64. The van der Waals surface area contributed by atoms with Gasteiger partial charge in [0.1, 0.15) is 14.7 Å². The van der Waals surface area contributed by atoms with Crippen LogP contribution in [0, 0.1) is 0 Å². The van der Waals surface area contributed by atoms with Crippen LogP contribution in [0.3, 0.4) is 0 Å². The summed E-state index contributed by atoms with van der Waals surface area (Å²) < 4.78 is 22.1. The molecule has 1 aromatic rings. The summed E-state index contributed by atoms with van der Waals surface area (Å²) in [4.78, 5) is 27.7. The first-order valence-electron chi connectivity index (χ1n) is 5.25. The SMILES string of the molecule is CC(=O)c1sc(N(C)CCS(C)(=O)=O)nc1C(=O)O. The monoisotopic (exact) mass is 306 g/mol. The van der Waals surface area contributed by atoms with E-state index in [0.29, 0.717) is 5.13 Å². The molecule has 0 radical (unpaired) electrons. The van der Waals surface area contributed by atoms with Gasteiger partial charge in [-0.05, 0) is 0 Å². The largest absolute Gasteiger partial charge is 0.476 e. The number of carboxylic acid groups (broad SMARTS) is 1. The van der Waals surface area contributed by atoms with Gasteiger partial charge in [-0.15, -0.1) is 0 Å². The fourth-order valence-corrected chi connectivity index (χ4v) is 2.80. The van der Waals surface area contributed by atoms with Gasteiger partial charge in [-0.1, -0.05) is 11.3 Å². The number of aromatic carboxylic acids is 1. The van der Waals surface area contributed by atoms with Gasteiger partial charge in [0, 0.05) is 26.8 Å². The van der Waals surface area contributed by atoms with Gasteiger partial charge in [0.25, 0.3) is 0 Å². The molecule has 1 rings (SSSR count). The Balaban J connectivity index is 2.99. The van der Waals surface area contributed by atoms with E-state index in [0.717, 1.165) is 17.6 Å². The van der Waals surface area contributed by atoms with Gasteiger partial charge in [0.15, 0.2) is 16.6 Å². The number of carbonyl (C=O) groups excluding carboxylic acids is 1. The lowest BCUT2D eigenvalue weighted by Gasteiger charge is -2.14. The van der Waals surface area contributed by atoms with Crippen molar-refractivity contribution in [2.24, 2.45) is 0 Å². The predicted octanol–water partition coefficient (Wildman–Crippen LogP) is 0.525. The van der Waals surface area contributed by atoms with Gasteiger partial charge in [0.05, 0.1) is 5.75 Å². The van der Waals surface area contributed by atoms with E-state index < -0.39 is 15.8 Å². The third-order valence-electron chi connectivity index (χ3n) is 2.26. The van der Waals surface area contributed by atoms with E-state index in [4.69, 9.17) is 5.11 Å². The highest BCUT2D eigenvalue weighted by molar-refractivity contribution is 7.90. The van der Waals surface area contributed by atoms with Crippen LogP contribution in [-0.4, -0.2) is 55.9 Å². The number of rotatable bonds is 6. The van der Waals surface area contributed by atoms with Crippen molar-refractivity contribution in [1.29, 1.82) is 0 Å². The summed E-state index contributed by atoms with van der Waals surface area (Å²) in [5, 5.41) is 9.26. The zero-order chi connectivity index (χ0) is 14.8. The first kappa shape index (κ1) is 15.6. The molecule has 0 spiro atoms. The minimum atomic E-state index is -3.11. The molecular formula is C10H14N2O5S2. The summed E-state index contributed by atoms with van der Waals surface area (Å²) in [5.74, 6) is -1.72. The average molecular weight is 306 g/mol. The van der Waals surface area contributed by atoms with Crippen LogP contribution in [-0.2, 0) is 9.84 Å². The highest BCUT2D eigenvalue weighted by Crippen LogP contribution is 2.26. The summed E-state index contributed by atoms with van der Waals surface area (Å²) in [6, 6.07) is 0. The van der Waals surface area contributed by atoms with Crippen LogP contribution in [0.2, 0.25) is 0 Å². The second-order valence-electron chi connectivity index (χ2n) is 4.09. The molecule has 0 aliphatic heterocycles. The molecule has 0 bridgehead atoms. The van der Waals surface area contributed by atoms with Gasteiger partial charge < -0.3 is 10.0 Å². The standard InChI is InChI=1S/C10H14N2O5S2/c1-6(13)8-7(9(14)15)11-10(18-8)12(2)4-5-19(3,16)17/h4-5H2,1-3H3,(H,14,15). The maximum absolute atomic E-state index is 11.3. The van der Waals surface area contributed by atoms with Gasteiger partial charge >= 0.3 is 5.97 Å². The van der Waals surface area contributed by atoms with E-state index in [1.807, 2.05) is 0 Å². The topological polar surface area (TPSA) is 105 Å². The van der Waals surface area contributed by atoms with Crippen LogP contribution < -0.4 is 4.90 Å². The number of nitrogens with zero attached hydrogens (tertiary/aromatic N) is 2. The van der Waals surface area contributed by atoms with Crippen molar-refractivity contribution in [2.75, 3.05) is 30.5 Å². The number of aromatic nitrogens is 1. The van der Waals surface area contributed by atoms with Crippen LogP contribution in [0.5, 0.6) is 0 Å². The summed E-state index contributed by atoms with van der Waals surface area (Å²) >= 11 is 0.944. The number of Topliss-reactive ketones (excluding diaryl/α,β-unsaturated/α-hetero) is 1. The van der Waals surface area contributed by atoms with Crippen LogP contribution in [0.25, 0.3) is 0 Å². The zero-order valence-corrected chi connectivity index (χ0v) is 12.3. The lowest BCUT2D eigenvalue weighted by Crippen LogP contribution is -2.24. The van der Waals surface area contributed by atoms with Crippen molar-refractivity contribution < 1.29 is 23.1 Å². The van der Waals surface area contributed by atoms with Crippen LogP contribution in [0.15, 0.2) is 0 Å². The maximum Gasteiger partial charge on any atom is 0.356 e. The molecule has 0 aliphatic carbocycles. The van der Waals surface area contributed by atoms with Gasteiger partial charge in [-0.2, -0.15) is 0 Å². The van der Waals surface area contributed by atoms with E-state index in [2.05, 4.69) is 4.98 Å². The van der Waals surface area contributed by atoms with Crippen LogP contribution in [0.4, 0.5) is 5.13 Å². The van der Waals surface area contributed by atoms with E-state index >= 15 is 0 Å². The summed E-state index contributed by atoms with van der Waals surface area (Å²) in [6.07, 6.45) is 1.12. The van der Waals surface area contributed by atoms with Crippen molar-refractivity contribution in [3.63, 3.8) is 0 Å². The highest BCUT2D eigenvalue weighted by atomic mass is 32.2. The molecule has 7 nitrogen and oxygen atoms in total. The quantitative estimate of drug-likeness (QED) is 0.764. The number of thiazole rings is 1. The Morgan fingerprint density at radius 2 is 2.00 bits per heavy atom. The number of carboxylic acids is 1. The number of hydrogen-bond donors (Lipinski definition) is 1. The molecule has 0 saturated heterocycles.